The van der Waals surface area contributed by atoms with Crippen molar-refractivity contribution >= 4 is 11.9 Å². The zero-order chi connectivity index (χ0) is 12.1. The van der Waals surface area contributed by atoms with E-state index in [9.17, 15) is 9.59 Å². The van der Waals surface area contributed by atoms with Gasteiger partial charge in [-0.15, -0.1) is 0 Å². The lowest BCUT2D eigenvalue weighted by molar-refractivity contribution is -0.145. The van der Waals surface area contributed by atoms with E-state index in [0.29, 0.717) is 25.1 Å². The maximum Gasteiger partial charge on any atom is 0.308 e. The second-order valence-corrected chi connectivity index (χ2v) is 4.22. The van der Waals surface area contributed by atoms with Crippen molar-refractivity contribution in [3.8, 4) is 0 Å². The van der Waals surface area contributed by atoms with E-state index in [4.69, 9.17) is 5.11 Å². The van der Waals surface area contributed by atoms with Crippen LogP contribution in [0.4, 0.5) is 0 Å². The van der Waals surface area contributed by atoms with Crippen LogP contribution >= 0.6 is 0 Å². The zero-order valence-corrected chi connectivity index (χ0v) is 9.90. The highest BCUT2D eigenvalue weighted by Crippen LogP contribution is 2.18. The average Bonchev–Trinajstić information content (AvgIpc) is 2.28. The summed E-state index contributed by atoms with van der Waals surface area (Å²) in [5.41, 5.74) is 0.716. The number of carbonyl (C=O) groups is 2. The maximum absolute atomic E-state index is 11.9. The summed E-state index contributed by atoms with van der Waals surface area (Å²) in [5.74, 6) is -1.21. The number of allylic oxidation sites excluding steroid dienone is 1. The Labute approximate surface area is 95.9 Å². The van der Waals surface area contributed by atoms with Gasteiger partial charge in [0.1, 0.15) is 0 Å². The summed E-state index contributed by atoms with van der Waals surface area (Å²) in [7, 11) is 0. The van der Waals surface area contributed by atoms with Gasteiger partial charge in [0.25, 0.3) is 0 Å². The minimum atomic E-state index is -0.797. The molecule has 1 fully saturated rings. The number of amides is 1. The van der Waals surface area contributed by atoms with Crippen molar-refractivity contribution in [2.24, 2.45) is 5.92 Å². The molecular formula is C12H19NO3. The summed E-state index contributed by atoms with van der Waals surface area (Å²) in [5, 5.41) is 8.93. The average molecular weight is 225 g/mol. The summed E-state index contributed by atoms with van der Waals surface area (Å²) in [6.07, 6.45) is 4.16. The van der Waals surface area contributed by atoms with E-state index in [2.05, 4.69) is 0 Å². The minimum Gasteiger partial charge on any atom is -0.481 e. The van der Waals surface area contributed by atoms with E-state index < -0.39 is 11.9 Å². The molecule has 4 nitrogen and oxygen atoms in total. The van der Waals surface area contributed by atoms with Crippen molar-refractivity contribution in [1.82, 2.24) is 4.90 Å². The smallest absolute Gasteiger partial charge is 0.308 e. The third-order valence-electron chi connectivity index (χ3n) is 2.91. The lowest BCUT2D eigenvalue weighted by Gasteiger charge is -2.31. The van der Waals surface area contributed by atoms with Crippen LogP contribution in [0.5, 0.6) is 0 Å². The number of rotatable bonds is 3. The number of aliphatic carboxylic acids is 1. The monoisotopic (exact) mass is 225 g/mol. The molecule has 1 heterocycles. The number of likely N-dealkylation sites (tertiary alicyclic amines) is 1. The largest absolute Gasteiger partial charge is 0.481 e. The standard InChI is InChI=1S/C12H19NO3/c1-3-5-9(2)11(14)13-7-4-6-10(8-13)12(15)16/h5,10H,3-4,6-8H2,1-2H3,(H,15,16)/b9-5-/t10-/m1/s1. The molecule has 0 aromatic rings. The van der Waals surface area contributed by atoms with Crippen LogP contribution in [0.2, 0.25) is 0 Å². The van der Waals surface area contributed by atoms with Gasteiger partial charge in [-0.05, 0) is 26.2 Å². The fraction of sp³-hybridized carbons (Fsp3) is 0.667. The van der Waals surface area contributed by atoms with Crippen LogP contribution in [0, 0.1) is 5.92 Å². The molecule has 0 saturated carbocycles. The molecule has 1 atom stereocenters. The lowest BCUT2D eigenvalue weighted by Crippen LogP contribution is -2.42. The van der Waals surface area contributed by atoms with E-state index in [1.165, 1.54) is 0 Å². The summed E-state index contributed by atoms with van der Waals surface area (Å²) < 4.78 is 0. The minimum absolute atomic E-state index is 0.0206. The highest BCUT2D eigenvalue weighted by Gasteiger charge is 2.28. The van der Waals surface area contributed by atoms with Crippen molar-refractivity contribution in [2.45, 2.75) is 33.1 Å². The van der Waals surface area contributed by atoms with Crippen LogP contribution < -0.4 is 0 Å². The van der Waals surface area contributed by atoms with Crippen LogP contribution in [0.3, 0.4) is 0 Å². The summed E-state index contributed by atoms with van der Waals surface area (Å²) in [6.45, 7) is 4.80. The Morgan fingerprint density at radius 1 is 1.50 bits per heavy atom. The normalized spacial score (nSPS) is 22.0. The first-order valence-corrected chi connectivity index (χ1v) is 5.75. The first kappa shape index (κ1) is 12.7. The molecule has 0 aromatic heterocycles. The van der Waals surface area contributed by atoms with Gasteiger partial charge in [-0.25, -0.2) is 0 Å². The maximum atomic E-state index is 11.9. The molecule has 1 aliphatic rings. The van der Waals surface area contributed by atoms with E-state index >= 15 is 0 Å². The van der Waals surface area contributed by atoms with Gasteiger partial charge in [-0.1, -0.05) is 13.0 Å². The molecule has 16 heavy (non-hydrogen) atoms. The van der Waals surface area contributed by atoms with Crippen LogP contribution in [0.15, 0.2) is 11.6 Å². The van der Waals surface area contributed by atoms with Crippen molar-refractivity contribution in [3.63, 3.8) is 0 Å². The molecule has 0 spiro atoms. The first-order valence-electron chi connectivity index (χ1n) is 5.75. The first-order chi connectivity index (χ1) is 7.56. The number of carboxylic acids is 1. The van der Waals surface area contributed by atoms with Crippen molar-refractivity contribution in [3.05, 3.63) is 11.6 Å². The Morgan fingerprint density at radius 2 is 2.19 bits per heavy atom. The second kappa shape index (κ2) is 5.68. The Balaban J connectivity index is 2.63. The Kier molecular flexibility index (Phi) is 4.52. The molecule has 1 amide bonds. The predicted molar refractivity (Wildman–Crippen MR) is 61.0 cm³/mol. The van der Waals surface area contributed by atoms with Crippen molar-refractivity contribution in [2.75, 3.05) is 13.1 Å². The summed E-state index contributed by atoms with van der Waals surface area (Å²) in [6, 6.07) is 0. The van der Waals surface area contributed by atoms with E-state index in [1.807, 2.05) is 13.0 Å². The van der Waals surface area contributed by atoms with Crippen LogP contribution in [0.1, 0.15) is 33.1 Å². The highest BCUT2D eigenvalue weighted by molar-refractivity contribution is 5.93. The zero-order valence-electron chi connectivity index (χ0n) is 9.90. The fourth-order valence-electron chi connectivity index (χ4n) is 2.01. The molecule has 1 saturated heterocycles. The number of nitrogens with zero attached hydrogens (tertiary/aromatic N) is 1. The number of carboxylic acid groups (broad SMARTS) is 1. The van der Waals surface area contributed by atoms with Gasteiger partial charge in [0.05, 0.1) is 5.92 Å². The number of hydrogen-bond acceptors (Lipinski definition) is 2. The lowest BCUT2D eigenvalue weighted by atomic mass is 9.97. The van der Waals surface area contributed by atoms with Gasteiger partial charge < -0.3 is 10.0 Å². The summed E-state index contributed by atoms with van der Waals surface area (Å²) >= 11 is 0. The number of piperidine rings is 1. The molecular weight excluding hydrogens is 206 g/mol. The molecule has 1 aliphatic heterocycles. The Morgan fingerprint density at radius 3 is 2.75 bits per heavy atom. The van der Waals surface area contributed by atoms with E-state index in [-0.39, 0.29) is 5.91 Å². The van der Waals surface area contributed by atoms with Gasteiger partial charge in [0.15, 0.2) is 0 Å². The predicted octanol–water partition coefficient (Wildman–Crippen LogP) is 1.67. The van der Waals surface area contributed by atoms with Crippen LogP contribution in [0.25, 0.3) is 0 Å². The van der Waals surface area contributed by atoms with Crippen LogP contribution in [-0.2, 0) is 9.59 Å². The van der Waals surface area contributed by atoms with Crippen molar-refractivity contribution < 1.29 is 14.7 Å². The highest BCUT2D eigenvalue weighted by atomic mass is 16.4. The van der Waals surface area contributed by atoms with E-state index in [1.54, 1.807) is 11.8 Å². The third kappa shape index (κ3) is 3.08. The van der Waals surface area contributed by atoms with Crippen molar-refractivity contribution in [1.29, 1.82) is 0 Å². The third-order valence-corrected chi connectivity index (χ3v) is 2.91. The molecule has 1 N–H and O–H groups in total. The molecule has 0 aliphatic carbocycles. The Bertz CT molecular complexity index is 309. The van der Waals surface area contributed by atoms with Crippen LogP contribution in [-0.4, -0.2) is 35.0 Å². The van der Waals surface area contributed by atoms with E-state index in [0.717, 1.165) is 12.8 Å². The SMILES string of the molecule is CC/C=C(/C)C(=O)N1CCC[C@@H](C(=O)O)C1. The van der Waals surface area contributed by atoms with Gasteiger partial charge in [-0.3, -0.25) is 9.59 Å². The molecule has 0 radical (unpaired) electrons. The van der Waals surface area contributed by atoms with Gasteiger partial charge in [0.2, 0.25) is 5.91 Å². The van der Waals surface area contributed by atoms with Gasteiger partial charge in [-0.2, -0.15) is 0 Å². The molecule has 0 aromatic carbocycles. The molecule has 0 unspecified atom stereocenters. The van der Waals surface area contributed by atoms with Gasteiger partial charge in [0, 0.05) is 18.7 Å². The fourth-order valence-corrected chi connectivity index (χ4v) is 2.01. The second-order valence-electron chi connectivity index (χ2n) is 4.22. The number of carbonyl (C=O) groups excluding carboxylic acids is 1. The molecule has 1 rings (SSSR count). The van der Waals surface area contributed by atoms with Gasteiger partial charge >= 0.3 is 5.97 Å². The Hall–Kier alpha value is -1.32. The molecule has 90 valence electrons. The molecule has 0 bridgehead atoms. The number of hydrogen-bond donors (Lipinski definition) is 1. The topological polar surface area (TPSA) is 57.6 Å². The summed E-state index contributed by atoms with van der Waals surface area (Å²) in [4.78, 5) is 24.4. The quantitative estimate of drug-likeness (QED) is 0.743. The molecule has 4 heteroatoms.